The number of aromatic nitrogens is 3. The van der Waals surface area contributed by atoms with E-state index < -0.39 is 6.04 Å². The Balaban J connectivity index is 1.82. The fourth-order valence-electron chi connectivity index (χ4n) is 3.83. The van der Waals surface area contributed by atoms with Gasteiger partial charge in [-0.2, -0.15) is 0 Å². The Morgan fingerprint density at radius 2 is 1.94 bits per heavy atom. The molecule has 0 saturated heterocycles. The number of aliphatic imine (C=N–C) groups is 1. The molecule has 3 heterocycles. The van der Waals surface area contributed by atoms with Crippen molar-refractivity contribution in [2.24, 2.45) is 4.99 Å². The molecule has 2 aromatic heterocycles. The fourth-order valence-corrected chi connectivity index (χ4v) is 5.04. The second-order valence-corrected chi connectivity index (χ2v) is 8.96. The first kappa shape index (κ1) is 22.4. The van der Waals surface area contributed by atoms with Gasteiger partial charge in [-0.1, -0.05) is 31.4 Å². The van der Waals surface area contributed by atoms with E-state index in [9.17, 15) is 9.90 Å². The minimum absolute atomic E-state index is 0.0774. The number of benzene rings is 1. The maximum atomic E-state index is 12.9. The number of thiophene rings is 1. The number of phenols is 1. The van der Waals surface area contributed by atoms with Crippen molar-refractivity contribution in [1.29, 1.82) is 0 Å². The monoisotopic (exact) mass is 459 g/mol. The number of rotatable bonds is 6. The van der Waals surface area contributed by atoms with Crippen LogP contribution in [0.5, 0.6) is 5.75 Å². The van der Waals surface area contributed by atoms with Gasteiger partial charge in [0.05, 0.1) is 12.1 Å². The molecule has 4 rings (SSSR count). The quantitative estimate of drug-likeness (QED) is 0.395. The smallest absolute Gasteiger partial charge is 0.227 e. The Bertz CT molecular complexity index is 1310. The molecular weight excluding hydrogens is 434 g/mol. The van der Waals surface area contributed by atoms with Gasteiger partial charge in [0, 0.05) is 16.1 Å². The van der Waals surface area contributed by atoms with E-state index in [0.717, 1.165) is 33.2 Å². The highest BCUT2D eigenvalue weighted by Crippen LogP contribution is 2.39. The zero-order chi connectivity index (χ0) is 23.7. The van der Waals surface area contributed by atoms with E-state index in [1.54, 1.807) is 35.6 Å². The summed E-state index contributed by atoms with van der Waals surface area (Å²) < 4.78 is 2.00. The summed E-state index contributed by atoms with van der Waals surface area (Å²) in [5.41, 5.74) is 4.30. The number of hydrogen-bond donors (Lipinski definition) is 2. The number of phenolic OH excluding ortho intramolecular Hbond substituents is 1. The second kappa shape index (κ2) is 8.99. The zero-order valence-corrected chi connectivity index (χ0v) is 19.6. The van der Waals surface area contributed by atoms with Crippen molar-refractivity contribution in [2.45, 2.75) is 33.2 Å². The van der Waals surface area contributed by atoms with Crippen LogP contribution in [0.25, 0.3) is 5.00 Å². The fraction of sp³-hybridized carbons (Fsp3) is 0.200. The molecule has 0 aliphatic carbocycles. The summed E-state index contributed by atoms with van der Waals surface area (Å²) in [4.78, 5) is 19.2. The maximum absolute atomic E-state index is 12.9. The Hall–Kier alpha value is -3.78. The molecule has 8 heteroatoms. The third-order valence-corrected chi connectivity index (χ3v) is 6.75. The van der Waals surface area contributed by atoms with Crippen LogP contribution in [0.15, 0.2) is 66.2 Å². The normalized spacial score (nSPS) is 15.2. The summed E-state index contributed by atoms with van der Waals surface area (Å²) in [5.74, 6) is 1.28. The maximum Gasteiger partial charge on any atom is 0.227 e. The topological polar surface area (TPSA) is 92.4 Å². The van der Waals surface area contributed by atoms with Crippen molar-refractivity contribution >= 4 is 28.6 Å². The molecule has 0 saturated carbocycles. The number of fused-ring (bicyclic) bond motifs is 3. The Morgan fingerprint density at radius 1 is 1.21 bits per heavy atom. The van der Waals surface area contributed by atoms with E-state index in [1.807, 2.05) is 17.6 Å². The molecule has 1 aliphatic rings. The van der Waals surface area contributed by atoms with E-state index in [4.69, 9.17) is 4.99 Å². The minimum atomic E-state index is -0.550. The van der Waals surface area contributed by atoms with Gasteiger partial charge >= 0.3 is 0 Å². The average molecular weight is 460 g/mol. The zero-order valence-electron chi connectivity index (χ0n) is 18.8. The van der Waals surface area contributed by atoms with Crippen molar-refractivity contribution in [2.75, 3.05) is 5.32 Å². The van der Waals surface area contributed by atoms with Crippen LogP contribution < -0.4 is 5.32 Å². The Labute approximate surface area is 196 Å². The van der Waals surface area contributed by atoms with Gasteiger partial charge in [0.15, 0.2) is 5.82 Å². The summed E-state index contributed by atoms with van der Waals surface area (Å²) in [6.45, 7) is 13.9. The predicted octanol–water partition coefficient (Wildman–Crippen LogP) is 5.13. The van der Waals surface area contributed by atoms with Crippen LogP contribution in [0.2, 0.25) is 0 Å². The van der Waals surface area contributed by atoms with Gasteiger partial charge in [-0.3, -0.25) is 14.4 Å². The van der Waals surface area contributed by atoms with Crippen LogP contribution in [-0.2, 0) is 4.79 Å². The first-order chi connectivity index (χ1) is 15.8. The number of aromatic hydroxyl groups is 1. The van der Waals surface area contributed by atoms with Gasteiger partial charge in [-0.15, -0.1) is 21.5 Å². The number of aryl methyl sites for hydroxylation is 2. The van der Waals surface area contributed by atoms with Crippen molar-refractivity contribution in [3.63, 3.8) is 0 Å². The largest absolute Gasteiger partial charge is 0.508 e. The molecule has 0 bridgehead atoms. The predicted molar refractivity (Wildman–Crippen MR) is 133 cm³/mol. The highest BCUT2D eigenvalue weighted by molar-refractivity contribution is 7.15. The van der Waals surface area contributed by atoms with Gasteiger partial charge in [0.1, 0.15) is 22.6 Å². The summed E-state index contributed by atoms with van der Waals surface area (Å²) in [6, 6.07) is 5.79. The molecule has 168 valence electrons. The molecule has 1 amide bonds. The molecular formula is C25H25N5O2S. The van der Waals surface area contributed by atoms with Crippen LogP contribution in [0, 0.1) is 20.8 Å². The Kier molecular flexibility index (Phi) is 6.11. The second-order valence-electron chi connectivity index (χ2n) is 7.76. The summed E-state index contributed by atoms with van der Waals surface area (Å²) in [7, 11) is 0. The number of anilines is 1. The molecule has 7 nitrogen and oxygen atoms in total. The van der Waals surface area contributed by atoms with Crippen LogP contribution in [0.1, 0.15) is 40.1 Å². The number of amides is 1. The standard InChI is InChI=1S/C25H25N5O2S/c1-6-8-17(7-2)23-22-14(3)15(4)33-25(22)30-16(5)28-29-24(30)20(27-23)13-21(32)26-18-9-11-19(31)12-10-18/h6-12,20,31H,1-2,13H2,3-5H3,(H,26,32)/b17-8+/t20-/m0/s1. The lowest BCUT2D eigenvalue weighted by Gasteiger charge is -2.13. The van der Waals surface area contributed by atoms with Crippen molar-refractivity contribution in [1.82, 2.24) is 14.8 Å². The highest BCUT2D eigenvalue weighted by Gasteiger charge is 2.32. The van der Waals surface area contributed by atoms with Gasteiger partial charge in [-0.25, -0.2) is 0 Å². The average Bonchev–Trinajstić information content (AvgIpc) is 3.26. The molecule has 0 spiro atoms. The van der Waals surface area contributed by atoms with Crippen molar-refractivity contribution in [3.05, 3.63) is 88.9 Å². The molecule has 1 atom stereocenters. The van der Waals surface area contributed by atoms with Crippen LogP contribution in [-0.4, -0.2) is 31.5 Å². The van der Waals surface area contributed by atoms with Crippen LogP contribution >= 0.6 is 11.3 Å². The van der Waals surface area contributed by atoms with E-state index in [-0.39, 0.29) is 18.1 Å². The SMILES string of the molecule is C=C/C=C(\C=C)C1=N[C@@H](CC(=O)Nc2ccc(O)cc2)c2nnc(C)n2-c2sc(C)c(C)c21. The summed E-state index contributed by atoms with van der Waals surface area (Å²) in [5, 5.41) is 22.0. The molecule has 1 aromatic carbocycles. The molecule has 0 unspecified atom stereocenters. The molecule has 3 aromatic rings. The lowest BCUT2D eigenvalue weighted by molar-refractivity contribution is -0.116. The third-order valence-electron chi connectivity index (χ3n) is 5.56. The van der Waals surface area contributed by atoms with Crippen molar-refractivity contribution < 1.29 is 9.90 Å². The van der Waals surface area contributed by atoms with E-state index in [2.05, 4.69) is 42.5 Å². The lowest BCUT2D eigenvalue weighted by atomic mass is 9.99. The van der Waals surface area contributed by atoms with Crippen LogP contribution in [0.4, 0.5) is 5.69 Å². The van der Waals surface area contributed by atoms with Gasteiger partial charge < -0.3 is 10.4 Å². The first-order valence-corrected chi connectivity index (χ1v) is 11.3. The molecule has 0 fully saturated rings. The van der Waals surface area contributed by atoms with Crippen LogP contribution in [0.3, 0.4) is 0 Å². The highest BCUT2D eigenvalue weighted by atomic mass is 32.1. The summed E-state index contributed by atoms with van der Waals surface area (Å²) in [6.07, 6.45) is 5.41. The van der Waals surface area contributed by atoms with Gasteiger partial charge in [0.2, 0.25) is 5.91 Å². The van der Waals surface area contributed by atoms with Gasteiger partial charge in [0.25, 0.3) is 0 Å². The number of hydrogen-bond acceptors (Lipinski definition) is 6. The third kappa shape index (κ3) is 4.17. The number of nitrogens with one attached hydrogen (secondary N) is 1. The first-order valence-electron chi connectivity index (χ1n) is 10.5. The number of carbonyl (C=O) groups excluding carboxylic acids is 1. The van der Waals surface area contributed by atoms with Gasteiger partial charge in [-0.05, 0) is 56.2 Å². The van der Waals surface area contributed by atoms with E-state index >= 15 is 0 Å². The lowest BCUT2D eigenvalue weighted by Crippen LogP contribution is -2.17. The molecule has 2 N–H and O–H groups in total. The number of nitrogens with zero attached hydrogens (tertiary/aromatic N) is 4. The Morgan fingerprint density at radius 3 is 2.61 bits per heavy atom. The van der Waals surface area contributed by atoms with E-state index in [0.29, 0.717) is 11.5 Å². The minimum Gasteiger partial charge on any atom is -0.508 e. The van der Waals surface area contributed by atoms with E-state index in [1.165, 1.54) is 17.0 Å². The number of carbonyl (C=O) groups is 1. The summed E-state index contributed by atoms with van der Waals surface area (Å²) >= 11 is 1.66. The molecule has 33 heavy (non-hydrogen) atoms. The number of allylic oxidation sites excluding steroid dienone is 4. The van der Waals surface area contributed by atoms with Crippen molar-refractivity contribution in [3.8, 4) is 10.8 Å². The molecule has 1 aliphatic heterocycles. The molecule has 0 radical (unpaired) electrons.